The molecule has 4 nitrogen and oxygen atoms in total. The van der Waals surface area contributed by atoms with Crippen LogP contribution in [0.3, 0.4) is 0 Å². The van der Waals surface area contributed by atoms with Crippen LogP contribution >= 0.6 is 0 Å². The molecule has 0 saturated heterocycles. The molecule has 0 aliphatic heterocycles. The lowest BCUT2D eigenvalue weighted by atomic mass is 9.89. The predicted molar refractivity (Wildman–Crippen MR) is 76.3 cm³/mol. The summed E-state index contributed by atoms with van der Waals surface area (Å²) < 4.78 is 5.26. The van der Waals surface area contributed by atoms with Gasteiger partial charge in [-0.1, -0.05) is 12.1 Å². The molecule has 0 spiro atoms. The Morgan fingerprint density at radius 2 is 1.95 bits per heavy atom. The average Bonchev–Trinajstić information content (AvgIpc) is 2.35. The molecule has 1 saturated carbocycles. The molecule has 4 heteroatoms. The van der Waals surface area contributed by atoms with Gasteiger partial charge < -0.3 is 15.0 Å². The molecule has 0 aromatic heterocycles. The Balaban J connectivity index is 1.83. The van der Waals surface area contributed by atoms with Gasteiger partial charge in [0.25, 0.3) is 0 Å². The van der Waals surface area contributed by atoms with Crippen molar-refractivity contribution in [2.75, 3.05) is 26.5 Å². The lowest BCUT2D eigenvalue weighted by molar-refractivity contribution is -0.127. The highest BCUT2D eigenvalue weighted by atomic mass is 16.5. The third kappa shape index (κ3) is 3.70. The van der Waals surface area contributed by atoms with Gasteiger partial charge in [0.2, 0.25) is 5.91 Å². The Morgan fingerprint density at radius 1 is 1.32 bits per heavy atom. The number of methoxy groups -OCH3 is 1. The van der Waals surface area contributed by atoms with Crippen LogP contribution in [-0.4, -0.2) is 44.2 Å². The number of likely N-dealkylation sites (N-methyl/N-ethyl adjacent to an activating group) is 1. The van der Waals surface area contributed by atoms with Crippen LogP contribution in [0.25, 0.3) is 0 Å². The van der Waals surface area contributed by atoms with Crippen molar-refractivity contribution in [2.45, 2.75) is 31.4 Å². The van der Waals surface area contributed by atoms with Crippen LogP contribution in [0, 0.1) is 0 Å². The molecule has 0 atom stereocenters. The first-order chi connectivity index (χ1) is 9.08. The maximum atomic E-state index is 11.6. The fourth-order valence-corrected chi connectivity index (χ4v) is 2.16. The molecular formula is C15H22N2O2. The van der Waals surface area contributed by atoms with E-state index in [1.165, 1.54) is 0 Å². The number of hydrogen-bond acceptors (Lipinski definition) is 3. The van der Waals surface area contributed by atoms with Gasteiger partial charge in [0.05, 0.1) is 12.5 Å². The largest absolute Gasteiger partial charge is 0.382 e. The smallest absolute Gasteiger partial charge is 0.226 e. The van der Waals surface area contributed by atoms with Crippen molar-refractivity contribution in [3.05, 3.63) is 29.8 Å². The van der Waals surface area contributed by atoms with E-state index in [-0.39, 0.29) is 5.91 Å². The lowest BCUT2D eigenvalue weighted by Crippen LogP contribution is -2.40. The highest BCUT2D eigenvalue weighted by Gasteiger charge is 2.28. The van der Waals surface area contributed by atoms with Crippen LogP contribution in [0.2, 0.25) is 0 Å². The summed E-state index contributed by atoms with van der Waals surface area (Å²) in [4.78, 5) is 13.2. The van der Waals surface area contributed by atoms with Crippen LogP contribution in [0.1, 0.15) is 18.4 Å². The minimum absolute atomic E-state index is 0.127. The van der Waals surface area contributed by atoms with Crippen molar-refractivity contribution in [2.24, 2.45) is 0 Å². The molecule has 1 fully saturated rings. The summed E-state index contributed by atoms with van der Waals surface area (Å²) >= 11 is 0. The first kappa shape index (κ1) is 13.9. The molecule has 0 bridgehead atoms. The predicted octanol–water partition coefficient (Wildman–Crippen LogP) is 1.91. The molecule has 1 amide bonds. The quantitative estimate of drug-likeness (QED) is 0.881. The van der Waals surface area contributed by atoms with E-state index in [4.69, 9.17) is 4.74 Å². The van der Waals surface area contributed by atoms with Crippen LogP contribution < -0.4 is 5.32 Å². The van der Waals surface area contributed by atoms with E-state index >= 15 is 0 Å². The molecular weight excluding hydrogens is 240 g/mol. The lowest BCUT2D eigenvalue weighted by Gasteiger charge is -2.35. The number of rotatable bonds is 5. The summed E-state index contributed by atoms with van der Waals surface area (Å²) in [6, 6.07) is 8.61. The number of nitrogens with one attached hydrogen (secondary N) is 1. The zero-order valence-corrected chi connectivity index (χ0v) is 11.8. The number of benzene rings is 1. The van der Waals surface area contributed by atoms with Gasteiger partial charge in [0.1, 0.15) is 0 Å². The van der Waals surface area contributed by atoms with E-state index in [0.29, 0.717) is 18.6 Å². The fourth-order valence-electron chi connectivity index (χ4n) is 2.16. The average molecular weight is 262 g/mol. The first-order valence-corrected chi connectivity index (χ1v) is 6.67. The summed E-state index contributed by atoms with van der Waals surface area (Å²) in [6.07, 6.45) is 3.01. The Bertz CT molecular complexity index is 422. The van der Waals surface area contributed by atoms with E-state index < -0.39 is 0 Å². The van der Waals surface area contributed by atoms with E-state index in [1.54, 1.807) is 26.1 Å². The van der Waals surface area contributed by atoms with Crippen LogP contribution in [0.4, 0.5) is 5.69 Å². The highest BCUT2D eigenvalue weighted by molar-refractivity contribution is 5.78. The number of carbonyl (C=O) groups excluding carboxylic acids is 1. The van der Waals surface area contributed by atoms with Gasteiger partial charge in [0.15, 0.2) is 0 Å². The van der Waals surface area contributed by atoms with Gasteiger partial charge in [-0.15, -0.1) is 0 Å². The SMILES string of the molecule is COC1CC(Nc2ccc(CC(=O)N(C)C)cc2)C1. The molecule has 0 unspecified atom stereocenters. The Hall–Kier alpha value is -1.55. The Kier molecular flexibility index (Phi) is 4.43. The van der Waals surface area contributed by atoms with Crippen LogP contribution in [-0.2, 0) is 16.0 Å². The standard InChI is InChI=1S/C15H22N2O2/c1-17(2)15(18)8-11-4-6-12(7-5-11)16-13-9-14(10-13)19-3/h4-7,13-14,16H,8-10H2,1-3H3. The summed E-state index contributed by atoms with van der Waals surface area (Å²) in [7, 11) is 5.32. The number of hydrogen-bond donors (Lipinski definition) is 1. The van der Waals surface area contributed by atoms with Crippen molar-refractivity contribution in [3.63, 3.8) is 0 Å². The molecule has 19 heavy (non-hydrogen) atoms. The second-order valence-electron chi connectivity index (χ2n) is 5.33. The zero-order valence-electron chi connectivity index (χ0n) is 11.8. The summed E-state index contributed by atoms with van der Waals surface area (Å²) in [6.45, 7) is 0. The summed E-state index contributed by atoms with van der Waals surface area (Å²) in [5.41, 5.74) is 2.16. The van der Waals surface area contributed by atoms with Crippen LogP contribution in [0.15, 0.2) is 24.3 Å². The van der Waals surface area contributed by atoms with Crippen molar-refractivity contribution in [3.8, 4) is 0 Å². The first-order valence-electron chi connectivity index (χ1n) is 6.67. The van der Waals surface area contributed by atoms with E-state index in [0.717, 1.165) is 24.1 Å². The van der Waals surface area contributed by atoms with Gasteiger partial charge in [0, 0.05) is 32.9 Å². The van der Waals surface area contributed by atoms with E-state index in [1.807, 2.05) is 24.3 Å². The minimum atomic E-state index is 0.127. The topological polar surface area (TPSA) is 41.6 Å². The molecule has 1 aliphatic rings. The van der Waals surface area contributed by atoms with Crippen molar-refractivity contribution >= 4 is 11.6 Å². The second-order valence-corrected chi connectivity index (χ2v) is 5.33. The Labute approximate surface area is 114 Å². The van der Waals surface area contributed by atoms with Crippen molar-refractivity contribution in [1.82, 2.24) is 4.90 Å². The molecule has 0 radical (unpaired) electrons. The number of ether oxygens (including phenoxy) is 1. The molecule has 1 aromatic rings. The number of amides is 1. The molecule has 104 valence electrons. The molecule has 0 heterocycles. The van der Waals surface area contributed by atoms with Crippen molar-refractivity contribution in [1.29, 1.82) is 0 Å². The number of nitrogens with zero attached hydrogens (tertiary/aromatic N) is 1. The fraction of sp³-hybridized carbons (Fsp3) is 0.533. The van der Waals surface area contributed by atoms with Gasteiger partial charge in [-0.05, 0) is 30.5 Å². The summed E-state index contributed by atoms with van der Waals surface area (Å²) in [5, 5.41) is 3.47. The minimum Gasteiger partial charge on any atom is -0.382 e. The van der Waals surface area contributed by atoms with Gasteiger partial charge in [-0.3, -0.25) is 4.79 Å². The van der Waals surface area contributed by atoms with Gasteiger partial charge in [-0.2, -0.15) is 0 Å². The monoisotopic (exact) mass is 262 g/mol. The third-order valence-corrected chi connectivity index (χ3v) is 3.61. The zero-order chi connectivity index (χ0) is 13.8. The second kappa shape index (κ2) is 6.06. The van der Waals surface area contributed by atoms with Gasteiger partial charge >= 0.3 is 0 Å². The van der Waals surface area contributed by atoms with E-state index in [2.05, 4.69) is 5.32 Å². The highest BCUT2D eigenvalue weighted by Crippen LogP contribution is 2.26. The maximum absolute atomic E-state index is 11.6. The molecule has 2 rings (SSSR count). The summed E-state index contributed by atoms with van der Waals surface area (Å²) in [5.74, 6) is 0.127. The molecule has 1 N–H and O–H groups in total. The number of anilines is 1. The normalized spacial score (nSPS) is 21.6. The third-order valence-electron chi connectivity index (χ3n) is 3.61. The maximum Gasteiger partial charge on any atom is 0.226 e. The molecule has 1 aliphatic carbocycles. The number of carbonyl (C=O) groups is 1. The van der Waals surface area contributed by atoms with Crippen LogP contribution in [0.5, 0.6) is 0 Å². The Morgan fingerprint density at radius 3 is 2.47 bits per heavy atom. The van der Waals surface area contributed by atoms with Gasteiger partial charge in [-0.25, -0.2) is 0 Å². The molecule has 1 aromatic carbocycles. The van der Waals surface area contributed by atoms with E-state index in [9.17, 15) is 4.79 Å². The van der Waals surface area contributed by atoms with Crippen molar-refractivity contribution < 1.29 is 9.53 Å².